The Morgan fingerprint density at radius 1 is 0.221 bits per heavy atom. The Morgan fingerprint density at radius 2 is 0.558 bits per heavy atom. The van der Waals surface area contributed by atoms with E-state index in [1.807, 2.05) is 22.7 Å². The summed E-state index contributed by atoms with van der Waals surface area (Å²) in [6, 6.07) is 112. The highest BCUT2D eigenvalue weighted by molar-refractivity contribution is 7.26. The van der Waals surface area contributed by atoms with Crippen LogP contribution in [0, 0.1) is 13.8 Å². The average molecular weight is 1130 g/mol. The van der Waals surface area contributed by atoms with Crippen molar-refractivity contribution >= 4 is 119 Å². The van der Waals surface area contributed by atoms with E-state index < -0.39 is 0 Å². The summed E-state index contributed by atoms with van der Waals surface area (Å²) in [5, 5.41) is 10.1. The summed E-state index contributed by atoms with van der Waals surface area (Å²) < 4.78 is 5.22. The number of rotatable bonds is 11. The molecule has 2 heterocycles. The predicted octanol–water partition coefficient (Wildman–Crippen LogP) is 24.6. The number of benzene rings is 14. The Hall–Kier alpha value is -10.4. The van der Waals surface area contributed by atoms with Crippen molar-refractivity contribution < 1.29 is 0 Å². The maximum atomic E-state index is 2.46. The molecule has 0 bridgehead atoms. The van der Waals surface area contributed by atoms with Gasteiger partial charge in [-0.2, -0.15) is 0 Å². The van der Waals surface area contributed by atoms with Crippen molar-refractivity contribution in [3.05, 3.63) is 314 Å². The van der Waals surface area contributed by atoms with Gasteiger partial charge in [-0.25, -0.2) is 0 Å². The highest BCUT2D eigenvalue weighted by atomic mass is 32.1. The Kier molecular flexibility index (Phi) is 12.7. The second-order valence-corrected chi connectivity index (χ2v) is 24.7. The molecule has 0 amide bonds. The second-order valence-electron chi connectivity index (χ2n) is 22.5. The molecule has 2 aromatic heterocycles. The number of anilines is 6. The van der Waals surface area contributed by atoms with Gasteiger partial charge in [-0.15, -0.1) is 22.7 Å². The van der Waals surface area contributed by atoms with Crippen molar-refractivity contribution in [2.45, 2.75) is 13.8 Å². The first-order valence-electron chi connectivity index (χ1n) is 29.4. The largest absolute Gasteiger partial charge is 0.310 e. The van der Waals surface area contributed by atoms with E-state index in [4.69, 9.17) is 0 Å². The van der Waals surface area contributed by atoms with Crippen molar-refractivity contribution in [2.75, 3.05) is 9.80 Å². The first-order chi connectivity index (χ1) is 42.4. The van der Waals surface area contributed by atoms with Crippen LogP contribution in [0.2, 0.25) is 0 Å². The lowest BCUT2D eigenvalue weighted by molar-refractivity contribution is 1.24. The Balaban J connectivity index is 0.794. The molecule has 2 nitrogen and oxygen atoms in total. The minimum Gasteiger partial charge on any atom is -0.310 e. The first kappa shape index (κ1) is 51.3. The third kappa shape index (κ3) is 9.19. The highest BCUT2D eigenvalue weighted by Crippen LogP contribution is 2.48. The van der Waals surface area contributed by atoms with Gasteiger partial charge in [0.15, 0.2) is 0 Å². The van der Waals surface area contributed by atoms with Crippen molar-refractivity contribution in [3.63, 3.8) is 0 Å². The normalized spacial score (nSPS) is 11.6. The van der Waals surface area contributed by atoms with Gasteiger partial charge in [0.25, 0.3) is 0 Å². The van der Waals surface area contributed by atoms with Gasteiger partial charge in [0.2, 0.25) is 0 Å². The van der Waals surface area contributed by atoms with Crippen LogP contribution in [0.4, 0.5) is 34.1 Å². The second kappa shape index (κ2) is 21.4. The molecule has 86 heavy (non-hydrogen) atoms. The molecule has 0 unspecified atom stereocenters. The number of hydrogen-bond acceptors (Lipinski definition) is 4. The van der Waals surface area contributed by atoms with E-state index in [2.05, 4.69) is 327 Å². The fraction of sp³-hybridized carbons (Fsp3) is 0.0244. The number of fused-ring (bicyclic) bond motifs is 8. The molecule has 14 aromatic carbocycles. The molecule has 0 aliphatic heterocycles. The molecule has 0 saturated heterocycles. The minimum atomic E-state index is 1.09. The molecule has 0 aliphatic rings. The van der Waals surface area contributed by atoms with Crippen LogP contribution in [-0.4, -0.2) is 0 Å². The summed E-state index contributed by atoms with van der Waals surface area (Å²) >= 11 is 3.72. The van der Waals surface area contributed by atoms with Gasteiger partial charge < -0.3 is 9.80 Å². The fourth-order valence-corrected chi connectivity index (χ4v) is 15.1. The van der Waals surface area contributed by atoms with Gasteiger partial charge in [0.1, 0.15) is 0 Å². The quantitative estimate of drug-likeness (QED) is 0.127. The zero-order chi connectivity index (χ0) is 57.2. The van der Waals surface area contributed by atoms with Crippen molar-refractivity contribution in [3.8, 4) is 55.6 Å². The van der Waals surface area contributed by atoms with Gasteiger partial charge in [0.05, 0.1) is 11.4 Å². The van der Waals surface area contributed by atoms with Gasteiger partial charge in [0, 0.05) is 74.2 Å². The lowest BCUT2D eigenvalue weighted by Gasteiger charge is -2.30. The topological polar surface area (TPSA) is 6.48 Å². The summed E-state index contributed by atoms with van der Waals surface area (Å²) in [7, 11) is 0. The predicted molar refractivity (Wildman–Crippen MR) is 373 cm³/mol. The maximum Gasteiger partial charge on any atom is 0.0540 e. The number of para-hydroxylation sites is 2. The van der Waals surface area contributed by atoms with Crippen LogP contribution >= 0.6 is 22.7 Å². The molecule has 406 valence electrons. The molecule has 0 radical (unpaired) electrons. The van der Waals surface area contributed by atoms with E-state index in [9.17, 15) is 0 Å². The van der Waals surface area contributed by atoms with Crippen LogP contribution < -0.4 is 9.80 Å². The lowest BCUT2D eigenvalue weighted by Crippen LogP contribution is -2.13. The smallest absolute Gasteiger partial charge is 0.0540 e. The van der Waals surface area contributed by atoms with Crippen LogP contribution in [0.3, 0.4) is 0 Å². The van der Waals surface area contributed by atoms with Gasteiger partial charge in [-0.05, 0) is 200 Å². The molecule has 0 N–H and O–H groups in total. The summed E-state index contributed by atoms with van der Waals surface area (Å²) in [6.07, 6.45) is 0. The third-order valence-corrected chi connectivity index (χ3v) is 19.6. The molecule has 0 saturated carbocycles. The fourth-order valence-electron chi connectivity index (χ4n) is 12.9. The van der Waals surface area contributed by atoms with E-state index in [0.717, 1.165) is 34.1 Å². The van der Waals surface area contributed by atoms with Crippen molar-refractivity contribution in [2.24, 2.45) is 0 Å². The van der Waals surface area contributed by atoms with Crippen molar-refractivity contribution in [1.29, 1.82) is 0 Å². The molecule has 4 heteroatoms. The van der Waals surface area contributed by atoms with Gasteiger partial charge >= 0.3 is 0 Å². The highest BCUT2D eigenvalue weighted by Gasteiger charge is 2.23. The molecular weight excluding hydrogens is 1080 g/mol. The average Bonchev–Trinajstić information content (AvgIpc) is 1.95. The SMILES string of the molecule is Cc1cc(-c2ccc(N(c3ccc(-c4ccc5ccccc5c4)cc3)c3ccccc3-c3ccc4sc5ccccc5c4c3)c(C)c2)ccc1N(c1ccc(-c2ccc3ccccc3c2)cc1)c1ccccc1-c1ccc2sc3ccccc3c2c1. The summed E-state index contributed by atoms with van der Waals surface area (Å²) in [4.78, 5) is 4.92. The summed E-state index contributed by atoms with van der Waals surface area (Å²) in [5.74, 6) is 0. The van der Waals surface area contributed by atoms with Crippen molar-refractivity contribution in [1.82, 2.24) is 0 Å². The summed E-state index contributed by atoms with van der Waals surface area (Å²) in [5.41, 5.74) is 20.8. The van der Waals surface area contributed by atoms with E-state index in [1.54, 1.807) is 0 Å². The zero-order valence-corrected chi connectivity index (χ0v) is 49.2. The van der Waals surface area contributed by atoms with Crippen LogP contribution in [0.1, 0.15) is 11.1 Å². The molecule has 16 rings (SSSR count). The summed E-state index contributed by atoms with van der Waals surface area (Å²) in [6.45, 7) is 4.53. The number of nitrogens with zero attached hydrogens (tertiary/aromatic N) is 2. The van der Waals surface area contributed by atoms with Crippen LogP contribution in [-0.2, 0) is 0 Å². The molecular formula is C82H56N2S2. The Bertz CT molecular complexity index is 4950. The van der Waals surface area contributed by atoms with Crippen LogP contribution in [0.15, 0.2) is 303 Å². The third-order valence-electron chi connectivity index (χ3n) is 17.3. The first-order valence-corrected chi connectivity index (χ1v) is 31.1. The van der Waals surface area contributed by atoms with Gasteiger partial charge in [-0.3, -0.25) is 0 Å². The van der Waals surface area contributed by atoms with E-state index in [1.165, 1.54) is 129 Å². The molecule has 0 aliphatic carbocycles. The van der Waals surface area contributed by atoms with Crippen LogP contribution in [0.25, 0.3) is 118 Å². The Labute approximate surface area is 509 Å². The molecule has 16 aromatic rings. The minimum absolute atomic E-state index is 1.09. The maximum absolute atomic E-state index is 2.46. The molecule has 0 atom stereocenters. The van der Waals surface area contributed by atoms with E-state index >= 15 is 0 Å². The van der Waals surface area contributed by atoms with Gasteiger partial charge in [-0.1, -0.05) is 194 Å². The van der Waals surface area contributed by atoms with Crippen LogP contribution in [0.5, 0.6) is 0 Å². The monoisotopic (exact) mass is 1130 g/mol. The lowest BCUT2D eigenvalue weighted by atomic mass is 9.96. The molecule has 0 fully saturated rings. The van der Waals surface area contributed by atoms with E-state index in [0.29, 0.717) is 0 Å². The number of aryl methyl sites for hydroxylation is 2. The Morgan fingerprint density at radius 3 is 1.00 bits per heavy atom. The molecule has 0 spiro atoms. The standard InChI is InChI=1S/C82H56N2S2/c1-53-47-61(35-43-75(53)83(67-39-31-57(32-40-67)63-29-27-55-15-3-5-17-59(55)49-63)77-23-11-7-19-69(77)65-37-45-81-73(51-65)71-21-9-13-25-79(71)85-81)62-36-44-76(54(2)48-62)84(68-41-33-58(34-42-68)64-30-28-56-16-4-6-18-60(56)50-64)78-24-12-8-20-70(78)66-38-46-82-74(52-66)72-22-10-14-26-80(72)86-82/h3-52H,1-2H3. The number of hydrogen-bond donors (Lipinski definition) is 0. The zero-order valence-electron chi connectivity index (χ0n) is 47.6. The number of thiophene rings is 2. The van der Waals surface area contributed by atoms with E-state index in [-0.39, 0.29) is 0 Å².